The number of benzene rings is 4. The van der Waals surface area contributed by atoms with Gasteiger partial charge in [-0.3, -0.25) is 19.1 Å². The van der Waals surface area contributed by atoms with Crippen LogP contribution in [0, 0.1) is 13.8 Å². The number of nitrogens with zero attached hydrogens (tertiary/aromatic N) is 6. The Morgan fingerprint density at radius 2 is 0.808 bits per heavy atom. The van der Waals surface area contributed by atoms with Crippen LogP contribution < -0.4 is 0 Å². The van der Waals surface area contributed by atoms with Crippen molar-refractivity contribution in [3.63, 3.8) is 0 Å². The SMILES string of the molecule is Cc1ccc2c(c1)c1cccnc1n2-c1ccc(-c2ccc(-c3ccc(-c4ccc(-n5c6ccc(C)cc6c6cccnc65)cc4)cn3)nc2)cc1. The second-order valence-corrected chi connectivity index (χ2v) is 13.4. The maximum atomic E-state index is 4.80. The van der Waals surface area contributed by atoms with Crippen molar-refractivity contribution in [3.8, 4) is 45.0 Å². The third kappa shape index (κ3) is 4.88. The summed E-state index contributed by atoms with van der Waals surface area (Å²) in [5, 5.41) is 4.76. The molecule has 0 aliphatic carbocycles. The molecule has 0 atom stereocenters. The molecule has 6 heterocycles. The molecular formula is C46H32N6. The van der Waals surface area contributed by atoms with Gasteiger partial charge in [-0.05, 0) is 110 Å². The molecule has 0 saturated heterocycles. The zero-order valence-corrected chi connectivity index (χ0v) is 28.7. The first-order valence-electron chi connectivity index (χ1n) is 17.4. The molecule has 0 radical (unpaired) electrons. The monoisotopic (exact) mass is 668 g/mol. The van der Waals surface area contributed by atoms with Crippen LogP contribution in [-0.2, 0) is 0 Å². The highest BCUT2D eigenvalue weighted by molar-refractivity contribution is 6.09. The van der Waals surface area contributed by atoms with Crippen molar-refractivity contribution in [2.45, 2.75) is 13.8 Å². The smallest absolute Gasteiger partial charge is 0.145 e. The van der Waals surface area contributed by atoms with Crippen LogP contribution in [0.1, 0.15) is 11.1 Å². The minimum atomic E-state index is 0.836. The third-order valence-corrected chi connectivity index (χ3v) is 10.1. The highest BCUT2D eigenvalue weighted by atomic mass is 15.1. The Morgan fingerprint density at radius 3 is 1.21 bits per heavy atom. The second kappa shape index (κ2) is 11.9. The summed E-state index contributed by atoms with van der Waals surface area (Å²) in [6.07, 6.45) is 7.57. The molecule has 0 amide bonds. The molecule has 10 aromatic rings. The lowest BCUT2D eigenvalue weighted by Crippen LogP contribution is -1.95. The molecule has 0 unspecified atom stereocenters. The lowest BCUT2D eigenvalue weighted by atomic mass is 10.1. The molecule has 0 bridgehead atoms. The van der Waals surface area contributed by atoms with Crippen molar-refractivity contribution < 1.29 is 0 Å². The van der Waals surface area contributed by atoms with Crippen LogP contribution in [-0.4, -0.2) is 29.1 Å². The Bertz CT molecular complexity index is 2730. The minimum Gasteiger partial charge on any atom is -0.294 e. The average Bonchev–Trinajstić information content (AvgIpc) is 3.70. The van der Waals surface area contributed by atoms with E-state index in [2.05, 4.69) is 132 Å². The summed E-state index contributed by atoms with van der Waals surface area (Å²) in [4.78, 5) is 19.1. The van der Waals surface area contributed by atoms with Gasteiger partial charge < -0.3 is 0 Å². The number of hydrogen-bond donors (Lipinski definition) is 0. The maximum Gasteiger partial charge on any atom is 0.145 e. The van der Waals surface area contributed by atoms with Crippen molar-refractivity contribution in [1.29, 1.82) is 0 Å². The first-order chi connectivity index (χ1) is 25.6. The van der Waals surface area contributed by atoms with Gasteiger partial charge in [0.2, 0.25) is 0 Å². The van der Waals surface area contributed by atoms with Crippen molar-refractivity contribution in [2.75, 3.05) is 0 Å². The van der Waals surface area contributed by atoms with Gasteiger partial charge in [0.05, 0.1) is 22.4 Å². The summed E-state index contributed by atoms with van der Waals surface area (Å²) >= 11 is 0. The predicted molar refractivity (Wildman–Crippen MR) is 212 cm³/mol. The lowest BCUT2D eigenvalue weighted by molar-refractivity contribution is 1.13. The number of aromatic nitrogens is 6. The Kier molecular flexibility index (Phi) is 6.83. The van der Waals surface area contributed by atoms with Crippen LogP contribution in [0.2, 0.25) is 0 Å². The van der Waals surface area contributed by atoms with Gasteiger partial charge in [0.1, 0.15) is 11.3 Å². The van der Waals surface area contributed by atoms with Crippen LogP contribution in [0.15, 0.2) is 158 Å². The number of fused-ring (bicyclic) bond motifs is 6. The third-order valence-electron chi connectivity index (χ3n) is 10.1. The normalized spacial score (nSPS) is 11.7. The van der Waals surface area contributed by atoms with E-state index in [-0.39, 0.29) is 0 Å². The van der Waals surface area contributed by atoms with E-state index >= 15 is 0 Å². The first-order valence-corrected chi connectivity index (χ1v) is 17.4. The van der Waals surface area contributed by atoms with Gasteiger partial charge in [-0.15, -0.1) is 0 Å². The average molecular weight is 669 g/mol. The predicted octanol–water partition coefficient (Wildman–Crippen LogP) is 11.1. The van der Waals surface area contributed by atoms with E-state index in [1.54, 1.807) is 0 Å². The fraction of sp³-hybridized carbons (Fsp3) is 0.0435. The fourth-order valence-electron chi connectivity index (χ4n) is 7.48. The zero-order valence-electron chi connectivity index (χ0n) is 28.7. The quantitative estimate of drug-likeness (QED) is 0.183. The molecule has 10 rings (SSSR count). The van der Waals surface area contributed by atoms with Crippen molar-refractivity contribution in [2.24, 2.45) is 0 Å². The molecule has 6 aromatic heterocycles. The Morgan fingerprint density at radius 1 is 0.385 bits per heavy atom. The highest BCUT2D eigenvalue weighted by Gasteiger charge is 2.15. The van der Waals surface area contributed by atoms with Gasteiger partial charge in [-0.1, -0.05) is 59.7 Å². The molecule has 0 aliphatic heterocycles. The summed E-state index contributed by atoms with van der Waals surface area (Å²) in [6, 6.07) is 47.0. The summed E-state index contributed by atoms with van der Waals surface area (Å²) < 4.78 is 4.48. The van der Waals surface area contributed by atoms with E-state index in [0.717, 1.165) is 78.1 Å². The van der Waals surface area contributed by atoms with Crippen LogP contribution >= 0.6 is 0 Å². The van der Waals surface area contributed by atoms with E-state index in [4.69, 9.17) is 19.9 Å². The summed E-state index contributed by atoms with van der Waals surface area (Å²) in [5.41, 5.74) is 14.8. The van der Waals surface area contributed by atoms with E-state index in [9.17, 15) is 0 Å². The highest BCUT2D eigenvalue weighted by Crippen LogP contribution is 2.34. The molecular weight excluding hydrogens is 637 g/mol. The molecule has 0 fully saturated rings. The summed E-state index contributed by atoms with van der Waals surface area (Å²) in [6.45, 7) is 4.26. The van der Waals surface area contributed by atoms with Gasteiger partial charge in [0.25, 0.3) is 0 Å². The molecule has 0 N–H and O–H groups in total. The van der Waals surface area contributed by atoms with Gasteiger partial charge in [0.15, 0.2) is 0 Å². The van der Waals surface area contributed by atoms with E-state index < -0.39 is 0 Å². The fourth-order valence-corrected chi connectivity index (χ4v) is 7.48. The first kappa shape index (κ1) is 29.9. The van der Waals surface area contributed by atoms with Gasteiger partial charge >= 0.3 is 0 Å². The molecule has 246 valence electrons. The molecule has 52 heavy (non-hydrogen) atoms. The molecule has 0 spiro atoms. The van der Waals surface area contributed by atoms with E-state index in [0.29, 0.717) is 0 Å². The van der Waals surface area contributed by atoms with Crippen molar-refractivity contribution >= 4 is 43.9 Å². The van der Waals surface area contributed by atoms with Gasteiger partial charge in [0, 0.05) is 68.8 Å². The zero-order chi connectivity index (χ0) is 34.8. The molecule has 0 aliphatic rings. The van der Waals surface area contributed by atoms with E-state index in [1.165, 1.54) is 21.9 Å². The van der Waals surface area contributed by atoms with Crippen LogP contribution in [0.25, 0.3) is 88.9 Å². The second-order valence-electron chi connectivity index (χ2n) is 13.4. The van der Waals surface area contributed by atoms with Crippen molar-refractivity contribution in [1.82, 2.24) is 29.1 Å². The maximum absolute atomic E-state index is 4.80. The molecule has 4 aromatic carbocycles. The number of pyridine rings is 4. The van der Waals surface area contributed by atoms with Crippen LogP contribution in [0.5, 0.6) is 0 Å². The molecule has 6 heteroatoms. The lowest BCUT2D eigenvalue weighted by Gasteiger charge is -2.10. The van der Waals surface area contributed by atoms with Crippen LogP contribution in [0.4, 0.5) is 0 Å². The molecule has 0 saturated carbocycles. The number of rotatable bonds is 5. The topological polar surface area (TPSA) is 61.4 Å². The molecule has 6 nitrogen and oxygen atoms in total. The number of aryl methyl sites for hydroxylation is 2. The van der Waals surface area contributed by atoms with Crippen molar-refractivity contribution in [3.05, 3.63) is 169 Å². The Hall–Kier alpha value is -6.92. The number of hydrogen-bond acceptors (Lipinski definition) is 4. The van der Waals surface area contributed by atoms with Gasteiger partial charge in [-0.2, -0.15) is 0 Å². The van der Waals surface area contributed by atoms with Gasteiger partial charge in [-0.25, -0.2) is 9.97 Å². The Labute approximate surface area is 300 Å². The van der Waals surface area contributed by atoms with E-state index in [1.807, 2.05) is 49.1 Å². The Balaban J connectivity index is 0.893. The standard InChI is InChI=1S/C46H32N6/c1-29-7-21-43-39(25-29)37-5-3-23-47-45(37)51(43)35-15-9-31(10-16-35)33-13-19-41(49-27-33)42-20-14-34(28-50-42)32-11-17-36(18-12-32)52-44-22-8-30(2)26-40(44)38-6-4-24-48-46(38)52/h3-28H,1-2H3. The summed E-state index contributed by atoms with van der Waals surface area (Å²) in [5.74, 6) is 0. The summed E-state index contributed by atoms with van der Waals surface area (Å²) in [7, 11) is 0. The largest absolute Gasteiger partial charge is 0.294 e. The van der Waals surface area contributed by atoms with Crippen LogP contribution in [0.3, 0.4) is 0 Å². The minimum absolute atomic E-state index is 0.836.